The number of nitrogens with one attached hydrogen (secondary N) is 1. The third kappa shape index (κ3) is 5.24. The molecular formula is C20H25N3O6. The fourth-order valence-electron chi connectivity index (χ4n) is 3.64. The summed E-state index contributed by atoms with van der Waals surface area (Å²) in [7, 11) is 0. The summed E-state index contributed by atoms with van der Waals surface area (Å²) in [5.41, 5.74) is 4.65. The van der Waals surface area contributed by atoms with Crippen molar-refractivity contribution in [3.05, 3.63) is 29.8 Å². The summed E-state index contributed by atoms with van der Waals surface area (Å²) >= 11 is 0. The zero-order valence-corrected chi connectivity index (χ0v) is 16.1. The highest BCUT2D eigenvalue weighted by Crippen LogP contribution is 2.32. The number of rotatable bonds is 8. The maximum Gasteiger partial charge on any atom is 0.308 e. The van der Waals surface area contributed by atoms with Gasteiger partial charge in [-0.25, -0.2) is 0 Å². The highest BCUT2D eigenvalue weighted by atomic mass is 16.7. The van der Waals surface area contributed by atoms with Crippen LogP contribution in [0.15, 0.2) is 29.4 Å². The summed E-state index contributed by atoms with van der Waals surface area (Å²) in [5, 5.41) is 16.3. The van der Waals surface area contributed by atoms with Crippen molar-refractivity contribution in [2.45, 2.75) is 56.6 Å². The van der Waals surface area contributed by atoms with Crippen LogP contribution in [0, 0.1) is 0 Å². The molecule has 0 unspecified atom stereocenters. The number of amides is 2. The number of primary amides is 1. The van der Waals surface area contributed by atoms with E-state index in [4.69, 9.17) is 15.3 Å². The molecule has 9 heteroatoms. The summed E-state index contributed by atoms with van der Waals surface area (Å²) in [6, 6.07) is 6.72. The minimum Gasteiger partial charge on any atom is -0.484 e. The molecule has 0 radical (unpaired) electrons. The fourth-order valence-corrected chi connectivity index (χ4v) is 3.64. The number of carbonyl (C=O) groups is 3. The van der Waals surface area contributed by atoms with Gasteiger partial charge in [0.2, 0.25) is 5.60 Å². The number of oxime groups is 1. The molecule has 156 valence electrons. The van der Waals surface area contributed by atoms with Gasteiger partial charge in [0.15, 0.2) is 6.61 Å². The minimum atomic E-state index is -1.56. The van der Waals surface area contributed by atoms with Crippen LogP contribution in [-0.4, -0.2) is 46.9 Å². The molecule has 3 rings (SSSR count). The normalized spacial score (nSPS) is 21.7. The molecule has 1 aliphatic carbocycles. The first kappa shape index (κ1) is 20.6. The Bertz CT molecular complexity index is 801. The lowest BCUT2D eigenvalue weighted by molar-refractivity contribution is -0.156. The number of hydrogen-bond donors (Lipinski definition) is 3. The van der Waals surface area contributed by atoms with E-state index in [0.717, 1.165) is 32.1 Å². The number of carboxylic acid groups (broad SMARTS) is 1. The van der Waals surface area contributed by atoms with Crippen molar-refractivity contribution >= 4 is 23.5 Å². The molecule has 1 atom stereocenters. The van der Waals surface area contributed by atoms with E-state index in [-0.39, 0.29) is 19.1 Å². The second-order valence-electron chi connectivity index (χ2n) is 7.46. The van der Waals surface area contributed by atoms with Gasteiger partial charge in [-0.05, 0) is 42.7 Å². The molecule has 1 heterocycles. The van der Waals surface area contributed by atoms with Gasteiger partial charge in [0.25, 0.3) is 11.8 Å². The molecule has 9 nitrogen and oxygen atoms in total. The molecule has 0 aromatic heterocycles. The highest BCUT2D eigenvalue weighted by Gasteiger charge is 2.49. The molecule has 0 saturated heterocycles. The number of benzene rings is 1. The molecule has 4 N–H and O–H groups in total. The maximum atomic E-state index is 12.9. The van der Waals surface area contributed by atoms with Crippen molar-refractivity contribution in [1.29, 1.82) is 0 Å². The summed E-state index contributed by atoms with van der Waals surface area (Å²) in [5.74, 6) is -1.69. The predicted octanol–water partition coefficient (Wildman–Crippen LogP) is 1.34. The molecule has 1 fully saturated rings. The monoisotopic (exact) mass is 403 g/mol. The lowest BCUT2D eigenvalue weighted by Gasteiger charge is -2.29. The molecule has 0 spiro atoms. The summed E-state index contributed by atoms with van der Waals surface area (Å²) in [6.45, 7) is -0.230. The van der Waals surface area contributed by atoms with E-state index in [1.54, 1.807) is 24.3 Å². The van der Waals surface area contributed by atoms with Gasteiger partial charge in [-0.2, -0.15) is 0 Å². The van der Waals surface area contributed by atoms with Crippen LogP contribution in [0.25, 0.3) is 0 Å². The molecule has 1 aromatic rings. The number of carboxylic acids is 1. The Balaban J connectivity index is 1.69. The van der Waals surface area contributed by atoms with Crippen LogP contribution in [0.5, 0.6) is 5.75 Å². The summed E-state index contributed by atoms with van der Waals surface area (Å²) < 4.78 is 5.21. The van der Waals surface area contributed by atoms with Crippen LogP contribution in [-0.2, 0) is 19.2 Å². The largest absolute Gasteiger partial charge is 0.484 e. The van der Waals surface area contributed by atoms with Gasteiger partial charge in [-0.15, -0.1) is 0 Å². The quantitative estimate of drug-likeness (QED) is 0.598. The number of nitrogens with two attached hydrogens (primary N) is 1. The van der Waals surface area contributed by atoms with Crippen LogP contribution < -0.4 is 15.8 Å². The topological polar surface area (TPSA) is 140 Å². The minimum absolute atomic E-state index is 0.0382. The van der Waals surface area contributed by atoms with Crippen LogP contribution in [0.2, 0.25) is 0 Å². The first-order valence-electron chi connectivity index (χ1n) is 9.67. The van der Waals surface area contributed by atoms with Gasteiger partial charge in [-0.1, -0.05) is 24.4 Å². The lowest BCUT2D eigenvalue weighted by Crippen LogP contribution is -2.52. The van der Waals surface area contributed by atoms with E-state index in [2.05, 4.69) is 10.5 Å². The predicted molar refractivity (Wildman–Crippen MR) is 103 cm³/mol. The molecule has 2 aliphatic rings. The third-order valence-corrected chi connectivity index (χ3v) is 5.14. The van der Waals surface area contributed by atoms with E-state index in [1.165, 1.54) is 0 Å². The van der Waals surface area contributed by atoms with E-state index in [1.807, 2.05) is 0 Å². The summed E-state index contributed by atoms with van der Waals surface area (Å²) in [4.78, 5) is 40.5. The highest BCUT2D eigenvalue weighted by molar-refractivity contribution is 6.06. The van der Waals surface area contributed by atoms with E-state index in [0.29, 0.717) is 17.0 Å². The maximum absolute atomic E-state index is 12.9. The number of aliphatic carboxylic acids is 1. The lowest BCUT2D eigenvalue weighted by atomic mass is 9.88. The van der Waals surface area contributed by atoms with Crippen molar-refractivity contribution in [2.24, 2.45) is 10.9 Å². The van der Waals surface area contributed by atoms with Gasteiger partial charge >= 0.3 is 5.97 Å². The van der Waals surface area contributed by atoms with Gasteiger partial charge in [0, 0.05) is 12.5 Å². The smallest absolute Gasteiger partial charge is 0.308 e. The van der Waals surface area contributed by atoms with E-state index >= 15 is 0 Å². The second kappa shape index (κ2) is 8.93. The Kier molecular flexibility index (Phi) is 6.36. The molecule has 2 amide bonds. The first-order valence-corrected chi connectivity index (χ1v) is 9.67. The molecular weight excluding hydrogens is 378 g/mol. The third-order valence-electron chi connectivity index (χ3n) is 5.14. The molecule has 1 saturated carbocycles. The van der Waals surface area contributed by atoms with Crippen molar-refractivity contribution in [1.82, 2.24) is 5.32 Å². The van der Waals surface area contributed by atoms with Crippen LogP contribution in [0.3, 0.4) is 0 Å². The number of nitrogens with zero attached hydrogens (tertiary/aromatic N) is 1. The standard InChI is InChI=1S/C20H25N3O6/c21-17(24)12-28-15-8-6-13(7-9-15)16-10-20(29-23-16,11-18(25)26)19(27)22-14-4-2-1-3-5-14/h6-9,14H,1-5,10-12H2,(H2,21,24)(H,22,27)(H,25,26)/t20-/m0/s1. The zero-order chi connectivity index (χ0) is 20.9. The zero-order valence-electron chi connectivity index (χ0n) is 16.1. The van der Waals surface area contributed by atoms with Gasteiger partial charge in [0.05, 0.1) is 12.1 Å². The van der Waals surface area contributed by atoms with E-state index < -0.39 is 29.8 Å². The first-order chi connectivity index (χ1) is 13.9. The van der Waals surface area contributed by atoms with Gasteiger partial charge < -0.3 is 25.7 Å². The number of carbonyl (C=O) groups excluding carboxylic acids is 2. The Hall–Kier alpha value is -3.10. The number of hydrogen-bond acceptors (Lipinski definition) is 6. The van der Waals surface area contributed by atoms with Crippen LogP contribution in [0.1, 0.15) is 50.5 Å². The van der Waals surface area contributed by atoms with Crippen molar-refractivity contribution in [3.8, 4) is 5.75 Å². The number of ether oxygens (including phenoxy) is 1. The summed E-state index contributed by atoms with van der Waals surface area (Å²) in [6.07, 6.45) is 4.59. The molecule has 1 aromatic carbocycles. The Labute approximate surface area is 168 Å². The van der Waals surface area contributed by atoms with Crippen LogP contribution in [0.4, 0.5) is 0 Å². The fraction of sp³-hybridized carbons (Fsp3) is 0.500. The molecule has 1 aliphatic heterocycles. The Morgan fingerprint density at radius 2 is 1.90 bits per heavy atom. The van der Waals surface area contributed by atoms with Crippen molar-refractivity contribution in [2.75, 3.05) is 6.61 Å². The Morgan fingerprint density at radius 3 is 2.52 bits per heavy atom. The van der Waals surface area contributed by atoms with Crippen molar-refractivity contribution < 1.29 is 29.1 Å². The van der Waals surface area contributed by atoms with Crippen LogP contribution >= 0.6 is 0 Å². The second-order valence-corrected chi connectivity index (χ2v) is 7.46. The molecule has 29 heavy (non-hydrogen) atoms. The SMILES string of the molecule is NC(=O)COc1ccc(C2=NO[C@@](CC(=O)O)(C(=O)NC3CCCCC3)C2)cc1. The van der Waals surface area contributed by atoms with Gasteiger partial charge in [0.1, 0.15) is 5.75 Å². The van der Waals surface area contributed by atoms with E-state index in [9.17, 15) is 19.5 Å². The average molecular weight is 403 g/mol. The average Bonchev–Trinajstić information content (AvgIpc) is 3.12. The van der Waals surface area contributed by atoms with Gasteiger partial charge in [-0.3, -0.25) is 14.4 Å². The molecule has 0 bridgehead atoms. The Morgan fingerprint density at radius 1 is 1.21 bits per heavy atom. The van der Waals surface area contributed by atoms with Crippen molar-refractivity contribution in [3.63, 3.8) is 0 Å².